The molecule has 0 saturated heterocycles. The first-order valence-electron chi connectivity index (χ1n) is 26.5. The molecule has 0 spiro atoms. The van der Waals surface area contributed by atoms with Crippen molar-refractivity contribution >= 4 is 110 Å². The highest BCUT2D eigenvalue weighted by atomic mass is 15.2. The lowest BCUT2D eigenvalue weighted by Gasteiger charge is -2.34. The molecule has 16 rings (SSSR count). The Balaban J connectivity index is 1.01. The standard InChI is InChI=1S/C71H50N4/c1-43(2)49-30-18-33-52(45-21-8-4-9-22-45)68(49)72(47-25-12-6-13-26-47)61-39-37-54-57-42-64-58(41-63(57)74-59-35-17-16-29-56(59)66(61)70(54)74)55-38-40-62-67-65-50(31-20-36-60(65)75(64)71(55)67)44(3)51-32-19-34-53(46-23-10-5-11-24-46)69(51)73(62)48-27-14-7-15-28-48/h4-44H,1-3H3. The van der Waals surface area contributed by atoms with Gasteiger partial charge in [0.25, 0.3) is 0 Å². The molecular weight excluding hydrogens is 909 g/mol. The number of anilines is 6. The Kier molecular flexibility index (Phi) is 8.89. The maximum absolute atomic E-state index is 2.61. The van der Waals surface area contributed by atoms with Gasteiger partial charge in [0.05, 0.1) is 55.8 Å². The van der Waals surface area contributed by atoms with Crippen molar-refractivity contribution in [1.82, 2.24) is 8.80 Å². The summed E-state index contributed by atoms with van der Waals surface area (Å²) in [6.07, 6.45) is 0. The molecule has 0 aliphatic carbocycles. The van der Waals surface area contributed by atoms with E-state index < -0.39 is 0 Å². The third kappa shape index (κ3) is 5.77. The molecule has 0 fully saturated rings. The second-order valence-electron chi connectivity index (χ2n) is 21.0. The molecule has 0 amide bonds. The van der Waals surface area contributed by atoms with E-state index in [1.54, 1.807) is 0 Å². The molecule has 0 saturated carbocycles. The third-order valence-corrected chi connectivity index (χ3v) is 16.7. The number of benzene rings is 11. The van der Waals surface area contributed by atoms with E-state index in [2.05, 4.69) is 276 Å². The number of hydrogen-bond donors (Lipinski definition) is 0. The van der Waals surface area contributed by atoms with Gasteiger partial charge < -0.3 is 18.6 Å². The number of para-hydroxylation sites is 5. The average Bonchev–Trinajstić information content (AvgIpc) is 4.38. The molecule has 11 aromatic carbocycles. The quantitative estimate of drug-likeness (QED) is 0.158. The molecule has 1 atom stereocenters. The van der Waals surface area contributed by atoms with Crippen LogP contribution < -0.4 is 9.80 Å². The fraction of sp³-hybridized carbons (Fsp3) is 0.0704. The van der Waals surface area contributed by atoms with Crippen molar-refractivity contribution in [1.29, 1.82) is 0 Å². The van der Waals surface area contributed by atoms with Gasteiger partial charge in [-0.1, -0.05) is 197 Å². The van der Waals surface area contributed by atoms with Gasteiger partial charge in [-0.2, -0.15) is 0 Å². The highest BCUT2D eigenvalue weighted by Crippen LogP contribution is 2.56. The van der Waals surface area contributed by atoms with Crippen LogP contribution in [0.5, 0.6) is 0 Å². The van der Waals surface area contributed by atoms with Gasteiger partial charge in [0.15, 0.2) is 0 Å². The van der Waals surface area contributed by atoms with E-state index in [0.717, 1.165) is 11.4 Å². The lowest BCUT2D eigenvalue weighted by molar-refractivity contribution is 0.865. The molecule has 0 radical (unpaired) electrons. The molecule has 354 valence electrons. The van der Waals surface area contributed by atoms with Gasteiger partial charge in [-0.05, 0) is 94.4 Å². The van der Waals surface area contributed by atoms with Gasteiger partial charge in [0.2, 0.25) is 0 Å². The van der Waals surface area contributed by atoms with Crippen molar-refractivity contribution in [3.8, 4) is 22.3 Å². The molecule has 4 heteroatoms. The van der Waals surface area contributed by atoms with Crippen LogP contribution in [0.1, 0.15) is 49.3 Å². The molecule has 4 nitrogen and oxygen atoms in total. The Morgan fingerprint density at radius 1 is 0.413 bits per heavy atom. The van der Waals surface area contributed by atoms with Crippen LogP contribution in [-0.2, 0) is 0 Å². The van der Waals surface area contributed by atoms with Crippen molar-refractivity contribution in [2.45, 2.75) is 32.6 Å². The fourth-order valence-corrected chi connectivity index (χ4v) is 13.6. The molecule has 4 aromatic heterocycles. The molecule has 75 heavy (non-hydrogen) atoms. The highest BCUT2D eigenvalue weighted by molar-refractivity contribution is 6.33. The number of hydrogen-bond acceptors (Lipinski definition) is 2. The first-order valence-corrected chi connectivity index (χ1v) is 26.5. The van der Waals surface area contributed by atoms with E-state index in [1.807, 2.05) is 0 Å². The first-order chi connectivity index (χ1) is 37.0. The van der Waals surface area contributed by atoms with Gasteiger partial charge in [0.1, 0.15) is 0 Å². The molecule has 1 aliphatic heterocycles. The molecule has 1 unspecified atom stereocenters. The molecule has 1 aliphatic rings. The van der Waals surface area contributed by atoms with E-state index >= 15 is 0 Å². The van der Waals surface area contributed by atoms with Crippen LogP contribution in [-0.4, -0.2) is 8.80 Å². The normalized spacial score (nSPS) is 13.8. The number of aromatic nitrogens is 2. The number of rotatable bonds is 7. The Morgan fingerprint density at radius 2 is 0.973 bits per heavy atom. The molecule has 0 N–H and O–H groups in total. The lowest BCUT2D eigenvalue weighted by Crippen LogP contribution is -2.16. The summed E-state index contributed by atoms with van der Waals surface area (Å²) in [7, 11) is 0. The Bertz CT molecular complexity index is 4740. The zero-order valence-corrected chi connectivity index (χ0v) is 42.0. The maximum atomic E-state index is 2.61. The van der Waals surface area contributed by atoms with Crippen LogP contribution in [0, 0.1) is 0 Å². The molecular formula is C71H50N4. The fourth-order valence-electron chi connectivity index (χ4n) is 13.6. The van der Waals surface area contributed by atoms with E-state index in [1.165, 1.54) is 138 Å². The van der Waals surface area contributed by atoms with Gasteiger partial charge in [-0.3, -0.25) is 0 Å². The van der Waals surface area contributed by atoms with Crippen LogP contribution in [0.15, 0.2) is 237 Å². The van der Waals surface area contributed by atoms with Crippen molar-refractivity contribution in [3.63, 3.8) is 0 Å². The van der Waals surface area contributed by atoms with Crippen LogP contribution in [0.3, 0.4) is 0 Å². The largest absolute Gasteiger partial charge is 0.309 e. The van der Waals surface area contributed by atoms with Crippen LogP contribution in [0.4, 0.5) is 34.1 Å². The lowest BCUT2D eigenvalue weighted by atomic mass is 9.84. The monoisotopic (exact) mass is 958 g/mol. The summed E-state index contributed by atoms with van der Waals surface area (Å²) in [4.78, 5) is 5.12. The summed E-state index contributed by atoms with van der Waals surface area (Å²) < 4.78 is 5.18. The topological polar surface area (TPSA) is 15.3 Å². The molecule has 15 aromatic rings. The molecule has 0 bridgehead atoms. The van der Waals surface area contributed by atoms with Crippen LogP contribution in [0.25, 0.3) is 98.4 Å². The minimum absolute atomic E-state index is 0.117. The van der Waals surface area contributed by atoms with E-state index in [4.69, 9.17) is 0 Å². The SMILES string of the molecule is CC(C)c1cccc(-c2ccccc2)c1N(c1ccccc1)c1ccc2c3cc4c(cc3n3c5ccccc5c1c23)c1ccc2c3c5c(cccc5n4c13)C(C)c1cccc(-c3ccccc3)c1N2c1ccccc1. The van der Waals surface area contributed by atoms with Gasteiger partial charge in [-0.15, -0.1) is 0 Å². The Labute approximate surface area is 434 Å². The zero-order chi connectivity index (χ0) is 49.6. The van der Waals surface area contributed by atoms with Gasteiger partial charge >= 0.3 is 0 Å². The van der Waals surface area contributed by atoms with Crippen molar-refractivity contribution in [3.05, 3.63) is 253 Å². The van der Waals surface area contributed by atoms with Crippen LogP contribution in [0.2, 0.25) is 0 Å². The molecule has 5 heterocycles. The summed E-state index contributed by atoms with van der Waals surface area (Å²) >= 11 is 0. The zero-order valence-electron chi connectivity index (χ0n) is 42.0. The number of nitrogens with zero attached hydrogens (tertiary/aromatic N) is 4. The third-order valence-electron chi connectivity index (χ3n) is 16.7. The Hall–Kier alpha value is -9.38. The summed E-state index contributed by atoms with van der Waals surface area (Å²) in [5.74, 6) is 0.399. The summed E-state index contributed by atoms with van der Waals surface area (Å²) in [6, 6.07) is 88.4. The van der Waals surface area contributed by atoms with Gasteiger partial charge in [0, 0.05) is 71.5 Å². The smallest absolute Gasteiger partial charge is 0.0641 e. The minimum Gasteiger partial charge on any atom is -0.309 e. The van der Waals surface area contributed by atoms with Crippen molar-refractivity contribution in [2.75, 3.05) is 9.80 Å². The average molecular weight is 959 g/mol. The second-order valence-corrected chi connectivity index (χ2v) is 21.0. The predicted octanol–water partition coefficient (Wildman–Crippen LogP) is 19.8. The van der Waals surface area contributed by atoms with Crippen molar-refractivity contribution in [2.24, 2.45) is 0 Å². The van der Waals surface area contributed by atoms with Gasteiger partial charge in [-0.25, -0.2) is 0 Å². The number of fused-ring (bicyclic) bond motifs is 11. The minimum atomic E-state index is 0.117. The highest BCUT2D eigenvalue weighted by Gasteiger charge is 2.34. The van der Waals surface area contributed by atoms with Crippen LogP contribution >= 0.6 is 0 Å². The van der Waals surface area contributed by atoms with Crippen molar-refractivity contribution < 1.29 is 0 Å². The summed E-state index contributed by atoms with van der Waals surface area (Å²) in [6.45, 7) is 7.05. The Morgan fingerprint density at radius 3 is 1.69 bits per heavy atom. The van der Waals surface area contributed by atoms with E-state index in [0.29, 0.717) is 0 Å². The van der Waals surface area contributed by atoms with E-state index in [9.17, 15) is 0 Å². The summed E-state index contributed by atoms with van der Waals surface area (Å²) in [5, 5.41) is 10.2. The maximum Gasteiger partial charge on any atom is 0.0641 e. The predicted molar refractivity (Wildman–Crippen MR) is 318 cm³/mol. The summed E-state index contributed by atoms with van der Waals surface area (Å²) in [5.41, 5.74) is 23.4. The van der Waals surface area contributed by atoms with E-state index in [-0.39, 0.29) is 11.8 Å². The second kappa shape index (κ2) is 15.8. The first kappa shape index (κ1) is 42.2.